The number of unbranched alkanes of at least 4 members (excludes halogenated alkanes) is 36. The average molecular weight is 700 g/mol. The summed E-state index contributed by atoms with van der Waals surface area (Å²) in [5, 5.41) is 11.1. The van der Waals surface area contributed by atoms with E-state index in [4.69, 9.17) is 0 Å². The van der Waals surface area contributed by atoms with Crippen molar-refractivity contribution in [3.63, 3.8) is 0 Å². The molecule has 49 heavy (non-hydrogen) atoms. The maximum atomic E-state index is 11.1. The molecule has 3 nitrogen and oxygen atoms in total. The summed E-state index contributed by atoms with van der Waals surface area (Å²) in [6.07, 6.45) is 53.7. The van der Waals surface area contributed by atoms with Crippen LogP contribution in [0.5, 0.6) is 0 Å². The van der Waals surface area contributed by atoms with Gasteiger partial charge in [0.15, 0.2) is 0 Å². The first-order valence-corrected chi connectivity index (χ1v) is 22.6. The van der Waals surface area contributed by atoms with Crippen molar-refractivity contribution in [2.24, 2.45) is 0 Å². The van der Waals surface area contributed by atoms with Crippen molar-refractivity contribution in [1.29, 1.82) is 0 Å². The molecule has 0 aromatic rings. The SMILES string of the molecule is CCCCCCCCCCCCCCCCCCCCCN(CCCCCCCCCCCCCCCCCCCCC)CCC(=O)[O-].[Na+]. The predicted molar refractivity (Wildman–Crippen MR) is 213 cm³/mol. The molecular formula is C45H90NNaO2. The third-order valence-corrected chi connectivity index (χ3v) is 10.8. The Morgan fingerprint density at radius 2 is 0.510 bits per heavy atom. The number of carbonyl (C=O) groups excluding carboxylic acids is 1. The van der Waals surface area contributed by atoms with Crippen LogP contribution in [0.2, 0.25) is 0 Å². The Morgan fingerprint density at radius 1 is 0.327 bits per heavy atom. The molecule has 0 atom stereocenters. The van der Waals surface area contributed by atoms with Gasteiger partial charge >= 0.3 is 29.6 Å². The summed E-state index contributed by atoms with van der Waals surface area (Å²) < 4.78 is 0. The van der Waals surface area contributed by atoms with E-state index in [0.717, 1.165) is 13.1 Å². The average Bonchev–Trinajstić information content (AvgIpc) is 3.08. The summed E-state index contributed by atoms with van der Waals surface area (Å²) in [6, 6.07) is 0. The molecule has 4 heteroatoms. The molecule has 288 valence electrons. The second-order valence-corrected chi connectivity index (χ2v) is 15.7. The molecule has 0 bridgehead atoms. The van der Waals surface area contributed by atoms with Crippen LogP contribution in [0.15, 0.2) is 0 Å². The quantitative estimate of drug-likeness (QED) is 0.0470. The van der Waals surface area contributed by atoms with Gasteiger partial charge in [-0.3, -0.25) is 0 Å². The number of hydrogen-bond donors (Lipinski definition) is 0. The molecule has 0 aromatic carbocycles. The van der Waals surface area contributed by atoms with Crippen LogP contribution in [0.4, 0.5) is 0 Å². The number of carbonyl (C=O) groups is 1. The van der Waals surface area contributed by atoms with Crippen molar-refractivity contribution in [2.45, 2.75) is 264 Å². The Balaban J connectivity index is 0. The van der Waals surface area contributed by atoms with Crippen molar-refractivity contribution >= 4 is 5.97 Å². The molecule has 0 fully saturated rings. The van der Waals surface area contributed by atoms with Gasteiger partial charge in [0.1, 0.15) is 0 Å². The standard InChI is InChI=1S/C45H91NO2.Na/c1-3-5-7-9-11-13-15-17-19-21-23-25-27-29-31-33-35-37-39-42-46(44-41-45(47)48)43-40-38-36-34-32-30-28-26-24-22-20-18-16-14-12-10-8-6-4-2;/h3-44H2,1-2H3,(H,47,48);/q;+1/p-1. The van der Waals surface area contributed by atoms with Gasteiger partial charge in [-0.05, 0) is 32.4 Å². The number of carboxylic acid groups (broad SMARTS) is 1. The first-order valence-electron chi connectivity index (χ1n) is 22.6. The zero-order chi connectivity index (χ0) is 34.9. The Labute approximate surface area is 332 Å². The fourth-order valence-electron chi connectivity index (χ4n) is 7.41. The molecule has 0 aliphatic rings. The van der Waals surface area contributed by atoms with Gasteiger partial charge < -0.3 is 14.8 Å². The molecule has 0 radical (unpaired) electrons. The van der Waals surface area contributed by atoms with Crippen molar-refractivity contribution in [1.82, 2.24) is 4.90 Å². The second kappa shape index (κ2) is 46.5. The van der Waals surface area contributed by atoms with E-state index in [1.165, 1.54) is 244 Å². The van der Waals surface area contributed by atoms with E-state index in [0.29, 0.717) is 6.54 Å². The van der Waals surface area contributed by atoms with Crippen molar-refractivity contribution in [2.75, 3.05) is 19.6 Å². The largest absolute Gasteiger partial charge is 1.00 e. The molecule has 0 unspecified atom stereocenters. The van der Waals surface area contributed by atoms with Gasteiger partial charge in [0, 0.05) is 12.5 Å². The first kappa shape index (κ1) is 51.5. The third-order valence-electron chi connectivity index (χ3n) is 10.8. The predicted octanol–water partition coefficient (Wildman–Crippen LogP) is 11.3. The van der Waals surface area contributed by atoms with E-state index in [2.05, 4.69) is 18.7 Å². The summed E-state index contributed by atoms with van der Waals surface area (Å²) >= 11 is 0. The molecule has 0 saturated carbocycles. The Kier molecular flexibility index (Phi) is 48.9. The molecule has 0 spiro atoms. The summed E-state index contributed by atoms with van der Waals surface area (Å²) in [7, 11) is 0. The van der Waals surface area contributed by atoms with E-state index >= 15 is 0 Å². The molecule has 0 aliphatic carbocycles. The minimum atomic E-state index is -0.902. The van der Waals surface area contributed by atoms with Crippen molar-refractivity contribution in [3.05, 3.63) is 0 Å². The molecule has 0 aliphatic heterocycles. The summed E-state index contributed by atoms with van der Waals surface area (Å²) in [5.41, 5.74) is 0. The Bertz CT molecular complexity index is 559. The minimum Gasteiger partial charge on any atom is -0.550 e. The molecule has 0 amide bonds. The molecule has 0 rings (SSSR count). The number of nitrogens with zero attached hydrogens (tertiary/aromatic N) is 1. The van der Waals surface area contributed by atoms with Crippen LogP contribution in [-0.2, 0) is 4.79 Å². The molecule has 0 heterocycles. The fraction of sp³-hybridized carbons (Fsp3) is 0.978. The summed E-state index contributed by atoms with van der Waals surface area (Å²) in [5.74, 6) is -0.902. The number of hydrogen-bond acceptors (Lipinski definition) is 3. The first-order chi connectivity index (χ1) is 23.7. The summed E-state index contributed by atoms with van der Waals surface area (Å²) in [6.45, 7) is 7.38. The number of carboxylic acids is 1. The fourth-order valence-corrected chi connectivity index (χ4v) is 7.41. The topological polar surface area (TPSA) is 43.4 Å². The zero-order valence-electron chi connectivity index (χ0n) is 34.5. The van der Waals surface area contributed by atoms with E-state index in [-0.39, 0.29) is 36.0 Å². The van der Waals surface area contributed by atoms with E-state index in [1.54, 1.807) is 0 Å². The summed E-state index contributed by atoms with van der Waals surface area (Å²) in [4.78, 5) is 13.5. The van der Waals surface area contributed by atoms with Crippen LogP contribution < -0.4 is 34.7 Å². The molecule has 0 N–H and O–H groups in total. The Hall–Kier alpha value is 0.430. The minimum absolute atomic E-state index is 0. The van der Waals surface area contributed by atoms with Crippen molar-refractivity contribution < 1.29 is 39.5 Å². The van der Waals surface area contributed by atoms with E-state index in [1.807, 2.05) is 0 Å². The zero-order valence-corrected chi connectivity index (χ0v) is 36.5. The number of aliphatic carboxylic acids is 1. The van der Waals surface area contributed by atoms with Crippen LogP contribution in [0, 0.1) is 0 Å². The van der Waals surface area contributed by atoms with Gasteiger partial charge in [-0.15, -0.1) is 0 Å². The molecule has 0 saturated heterocycles. The van der Waals surface area contributed by atoms with Crippen LogP contribution in [-0.4, -0.2) is 30.5 Å². The third kappa shape index (κ3) is 46.4. The molecular weight excluding hydrogens is 609 g/mol. The van der Waals surface area contributed by atoms with Crippen LogP contribution in [0.1, 0.15) is 264 Å². The monoisotopic (exact) mass is 700 g/mol. The smallest absolute Gasteiger partial charge is 0.550 e. The van der Waals surface area contributed by atoms with Gasteiger partial charge in [-0.2, -0.15) is 0 Å². The van der Waals surface area contributed by atoms with Crippen LogP contribution in [0.25, 0.3) is 0 Å². The van der Waals surface area contributed by atoms with Crippen LogP contribution in [0.3, 0.4) is 0 Å². The van der Waals surface area contributed by atoms with Gasteiger partial charge in [-0.25, -0.2) is 0 Å². The number of rotatable bonds is 43. The van der Waals surface area contributed by atoms with E-state index in [9.17, 15) is 9.90 Å². The van der Waals surface area contributed by atoms with Crippen LogP contribution >= 0.6 is 0 Å². The maximum Gasteiger partial charge on any atom is 1.00 e. The van der Waals surface area contributed by atoms with Gasteiger partial charge in [0.2, 0.25) is 0 Å². The molecule has 0 aromatic heterocycles. The maximum absolute atomic E-state index is 11.1. The van der Waals surface area contributed by atoms with Gasteiger partial charge in [-0.1, -0.05) is 245 Å². The van der Waals surface area contributed by atoms with Gasteiger partial charge in [0.25, 0.3) is 0 Å². The normalized spacial score (nSPS) is 11.4. The second-order valence-electron chi connectivity index (χ2n) is 15.7. The Morgan fingerprint density at radius 3 is 0.694 bits per heavy atom. The van der Waals surface area contributed by atoms with Gasteiger partial charge in [0.05, 0.1) is 0 Å². The van der Waals surface area contributed by atoms with E-state index < -0.39 is 5.97 Å². The van der Waals surface area contributed by atoms with Crippen molar-refractivity contribution in [3.8, 4) is 0 Å².